The molecule has 10 heavy (non-hydrogen) atoms. The number of esters is 1. The van der Waals surface area contributed by atoms with E-state index in [-0.39, 0.29) is 5.92 Å². The van der Waals surface area contributed by atoms with Crippen LogP contribution in [-0.4, -0.2) is 24.3 Å². The Balaban J connectivity index is 2.31. The molecule has 3 nitrogen and oxygen atoms in total. The van der Waals surface area contributed by atoms with Crippen molar-refractivity contribution in [2.45, 2.75) is 25.4 Å². The van der Waals surface area contributed by atoms with Gasteiger partial charge in [-0.05, 0) is 18.8 Å². The summed E-state index contributed by atoms with van der Waals surface area (Å²) in [4.78, 5) is 10.7. The third kappa shape index (κ3) is 1.29. The van der Waals surface area contributed by atoms with Crippen LogP contribution < -0.4 is 0 Å². The van der Waals surface area contributed by atoms with Crippen LogP contribution in [0.15, 0.2) is 0 Å². The SMILES string of the molecule is COC(=O)[C@@H](O)C1CCC1. The maximum Gasteiger partial charge on any atom is 0.334 e. The summed E-state index contributed by atoms with van der Waals surface area (Å²) in [7, 11) is 1.30. The van der Waals surface area contributed by atoms with E-state index in [1.807, 2.05) is 0 Å². The average molecular weight is 144 g/mol. The first-order valence-electron chi connectivity index (χ1n) is 3.51. The number of ether oxygens (including phenoxy) is 1. The molecule has 1 fully saturated rings. The number of aliphatic hydroxyl groups is 1. The largest absolute Gasteiger partial charge is 0.467 e. The van der Waals surface area contributed by atoms with Gasteiger partial charge < -0.3 is 9.84 Å². The Morgan fingerprint density at radius 2 is 2.30 bits per heavy atom. The van der Waals surface area contributed by atoms with Gasteiger partial charge in [0.1, 0.15) is 0 Å². The van der Waals surface area contributed by atoms with Gasteiger partial charge in [0.2, 0.25) is 0 Å². The molecular weight excluding hydrogens is 132 g/mol. The van der Waals surface area contributed by atoms with Gasteiger partial charge in [-0.15, -0.1) is 0 Å². The lowest BCUT2D eigenvalue weighted by atomic mass is 9.81. The number of rotatable bonds is 2. The Bertz CT molecular complexity index is 129. The summed E-state index contributed by atoms with van der Waals surface area (Å²) in [6, 6.07) is 0. The van der Waals surface area contributed by atoms with Crippen molar-refractivity contribution in [3.63, 3.8) is 0 Å². The molecule has 0 amide bonds. The highest BCUT2D eigenvalue weighted by molar-refractivity contribution is 5.74. The second-order valence-corrected chi connectivity index (χ2v) is 2.66. The zero-order chi connectivity index (χ0) is 7.56. The van der Waals surface area contributed by atoms with Crippen molar-refractivity contribution < 1.29 is 14.6 Å². The van der Waals surface area contributed by atoms with Crippen LogP contribution in [0, 0.1) is 5.92 Å². The lowest BCUT2D eigenvalue weighted by Gasteiger charge is -2.28. The first-order valence-corrected chi connectivity index (χ1v) is 3.51. The molecule has 0 spiro atoms. The predicted molar refractivity (Wildman–Crippen MR) is 35.4 cm³/mol. The highest BCUT2D eigenvalue weighted by Gasteiger charge is 2.31. The predicted octanol–water partition coefficient (Wildman–Crippen LogP) is 0.320. The second kappa shape index (κ2) is 3.01. The molecule has 1 rings (SSSR count). The molecule has 1 atom stereocenters. The summed E-state index contributed by atoms with van der Waals surface area (Å²) in [6.45, 7) is 0. The number of hydrogen-bond acceptors (Lipinski definition) is 3. The molecule has 0 heterocycles. The minimum atomic E-state index is -0.876. The summed E-state index contributed by atoms with van der Waals surface area (Å²) in [5, 5.41) is 9.16. The van der Waals surface area contributed by atoms with Crippen molar-refractivity contribution in [2.75, 3.05) is 7.11 Å². The molecule has 3 heteroatoms. The van der Waals surface area contributed by atoms with Gasteiger partial charge >= 0.3 is 5.97 Å². The minimum absolute atomic E-state index is 0.160. The van der Waals surface area contributed by atoms with Gasteiger partial charge in [0.05, 0.1) is 7.11 Å². The van der Waals surface area contributed by atoms with Crippen molar-refractivity contribution in [1.29, 1.82) is 0 Å². The van der Waals surface area contributed by atoms with E-state index in [4.69, 9.17) is 5.11 Å². The summed E-state index contributed by atoms with van der Waals surface area (Å²) in [5.74, 6) is -0.336. The fourth-order valence-electron chi connectivity index (χ4n) is 1.07. The molecule has 0 aromatic carbocycles. The van der Waals surface area contributed by atoms with Crippen LogP contribution in [0.4, 0.5) is 0 Å². The minimum Gasteiger partial charge on any atom is -0.467 e. The zero-order valence-electron chi connectivity index (χ0n) is 6.04. The van der Waals surface area contributed by atoms with Crippen molar-refractivity contribution >= 4 is 5.97 Å². The van der Waals surface area contributed by atoms with E-state index in [0.717, 1.165) is 19.3 Å². The van der Waals surface area contributed by atoms with Crippen LogP contribution in [0.5, 0.6) is 0 Å². The normalized spacial score (nSPS) is 21.4. The van der Waals surface area contributed by atoms with E-state index in [1.54, 1.807) is 0 Å². The highest BCUT2D eigenvalue weighted by atomic mass is 16.5. The average Bonchev–Trinajstić information content (AvgIpc) is 1.82. The van der Waals surface area contributed by atoms with Crippen LogP contribution in [-0.2, 0) is 9.53 Å². The fraction of sp³-hybridized carbons (Fsp3) is 0.857. The smallest absolute Gasteiger partial charge is 0.334 e. The topological polar surface area (TPSA) is 46.5 Å². The van der Waals surface area contributed by atoms with Gasteiger partial charge in [-0.2, -0.15) is 0 Å². The van der Waals surface area contributed by atoms with E-state index < -0.39 is 12.1 Å². The number of carbonyl (C=O) groups excluding carboxylic acids is 1. The second-order valence-electron chi connectivity index (χ2n) is 2.66. The standard InChI is InChI=1S/C7H12O3/c1-10-7(9)6(8)5-3-2-4-5/h5-6,8H,2-4H2,1H3/t6-/m0/s1. The number of hydrogen-bond donors (Lipinski definition) is 1. The van der Waals surface area contributed by atoms with Crippen LogP contribution in [0.1, 0.15) is 19.3 Å². The number of carbonyl (C=O) groups is 1. The van der Waals surface area contributed by atoms with E-state index in [1.165, 1.54) is 7.11 Å². The van der Waals surface area contributed by atoms with Crippen molar-refractivity contribution in [1.82, 2.24) is 0 Å². The first kappa shape index (κ1) is 7.54. The Labute approximate surface area is 60.0 Å². The number of aliphatic hydroxyl groups excluding tert-OH is 1. The van der Waals surface area contributed by atoms with Crippen molar-refractivity contribution in [2.24, 2.45) is 5.92 Å². The van der Waals surface area contributed by atoms with Gasteiger partial charge in [-0.1, -0.05) is 6.42 Å². The Morgan fingerprint density at radius 3 is 2.60 bits per heavy atom. The van der Waals surface area contributed by atoms with Gasteiger partial charge in [0.15, 0.2) is 6.10 Å². The van der Waals surface area contributed by atoms with Gasteiger partial charge in [-0.25, -0.2) is 4.79 Å². The summed E-state index contributed by atoms with van der Waals surface area (Å²) in [5.41, 5.74) is 0. The highest BCUT2D eigenvalue weighted by Crippen LogP contribution is 2.29. The van der Waals surface area contributed by atoms with E-state index in [2.05, 4.69) is 4.74 Å². The van der Waals surface area contributed by atoms with Gasteiger partial charge in [0.25, 0.3) is 0 Å². The molecule has 0 bridgehead atoms. The lowest BCUT2D eigenvalue weighted by molar-refractivity contribution is -0.155. The quantitative estimate of drug-likeness (QED) is 0.568. The molecule has 0 aliphatic heterocycles. The summed E-state index contributed by atoms with van der Waals surface area (Å²) >= 11 is 0. The van der Waals surface area contributed by atoms with Crippen LogP contribution in [0.3, 0.4) is 0 Å². The molecule has 0 aromatic rings. The van der Waals surface area contributed by atoms with Gasteiger partial charge in [0, 0.05) is 0 Å². The summed E-state index contributed by atoms with van der Waals surface area (Å²) < 4.78 is 4.38. The van der Waals surface area contributed by atoms with Crippen LogP contribution in [0.2, 0.25) is 0 Å². The molecule has 0 saturated heterocycles. The van der Waals surface area contributed by atoms with Crippen molar-refractivity contribution in [3.8, 4) is 0 Å². The van der Waals surface area contributed by atoms with E-state index in [9.17, 15) is 4.79 Å². The Hall–Kier alpha value is -0.570. The van der Waals surface area contributed by atoms with Crippen LogP contribution >= 0.6 is 0 Å². The molecule has 1 aliphatic carbocycles. The van der Waals surface area contributed by atoms with E-state index in [0.29, 0.717) is 0 Å². The number of methoxy groups -OCH3 is 1. The third-order valence-electron chi connectivity index (χ3n) is 2.04. The molecule has 0 unspecified atom stereocenters. The van der Waals surface area contributed by atoms with Crippen molar-refractivity contribution in [3.05, 3.63) is 0 Å². The molecule has 1 saturated carbocycles. The summed E-state index contributed by atoms with van der Waals surface area (Å²) in [6.07, 6.45) is 2.16. The zero-order valence-corrected chi connectivity index (χ0v) is 6.04. The molecule has 58 valence electrons. The lowest BCUT2D eigenvalue weighted by Crippen LogP contribution is -2.34. The maximum atomic E-state index is 10.7. The van der Waals surface area contributed by atoms with E-state index >= 15 is 0 Å². The van der Waals surface area contributed by atoms with Crippen LogP contribution in [0.25, 0.3) is 0 Å². The third-order valence-corrected chi connectivity index (χ3v) is 2.04. The molecule has 1 aliphatic rings. The fourth-order valence-corrected chi connectivity index (χ4v) is 1.07. The molecule has 0 aromatic heterocycles. The first-order chi connectivity index (χ1) is 4.75. The Morgan fingerprint density at radius 1 is 1.70 bits per heavy atom. The monoisotopic (exact) mass is 144 g/mol. The van der Waals surface area contributed by atoms with Gasteiger partial charge in [-0.3, -0.25) is 0 Å². The Kier molecular flexibility index (Phi) is 2.27. The molecular formula is C7H12O3. The maximum absolute atomic E-state index is 10.7. The molecule has 0 radical (unpaired) electrons. The molecule has 1 N–H and O–H groups in total.